The van der Waals surface area contributed by atoms with Crippen molar-refractivity contribution in [1.29, 1.82) is 0 Å². The van der Waals surface area contributed by atoms with Gasteiger partial charge in [-0.1, -0.05) is 41.9 Å². The zero-order valence-corrected chi connectivity index (χ0v) is 18.4. The second-order valence-corrected chi connectivity index (χ2v) is 7.80. The predicted molar refractivity (Wildman–Crippen MR) is 125 cm³/mol. The van der Waals surface area contributed by atoms with E-state index >= 15 is 0 Å². The summed E-state index contributed by atoms with van der Waals surface area (Å²) in [7, 11) is 1.47. The van der Waals surface area contributed by atoms with Crippen molar-refractivity contribution in [2.75, 3.05) is 30.5 Å². The summed E-state index contributed by atoms with van der Waals surface area (Å²) < 4.78 is 16.6. The second kappa shape index (κ2) is 8.52. The third-order valence-electron chi connectivity index (χ3n) is 5.34. The standard InChI is InChI=1S/C25H19ClN2O5/c1-31-19-9-7-16(26)13-18(19)28-24(29)22(15-5-3-2-4-6-15)23(25(28)30)27-17-8-10-20-21(14-17)33-12-11-32-20/h2-10,13-14,27H,11-12H2,1H3. The molecule has 0 bridgehead atoms. The lowest BCUT2D eigenvalue weighted by Gasteiger charge is -2.20. The van der Waals surface area contributed by atoms with Gasteiger partial charge in [0.25, 0.3) is 11.8 Å². The predicted octanol–water partition coefficient (Wildman–Crippen LogP) is 4.52. The molecule has 7 nitrogen and oxygen atoms in total. The van der Waals surface area contributed by atoms with E-state index < -0.39 is 11.8 Å². The number of carbonyl (C=O) groups excluding carboxylic acids is 2. The summed E-state index contributed by atoms with van der Waals surface area (Å²) in [5.74, 6) is 0.552. The number of methoxy groups -OCH3 is 1. The van der Waals surface area contributed by atoms with E-state index in [9.17, 15) is 9.59 Å². The summed E-state index contributed by atoms with van der Waals surface area (Å²) in [5.41, 5.74) is 1.86. The molecule has 2 aliphatic rings. The monoisotopic (exact) mass is 462 g/mol. The van der Waals surface area contributed by atoms with Crippen molar-refractivity contribution in [2.24, 2.45) is 0 Å². The minimum atomic E-state index is -0.519. The smallest absolute Gasteiger partial charge is 0.282 e. The van der Waals surface area contributed by atoms with E-state index in [4.69, 9.17) is 25.8 Å². The molecule has 2 aliphatic heterocycles. The molecule has 3 aromatic carbocycles. The number of amides is 2. The molecular formula is C25H19ClN2O5. The van der Waals surface area contributed by atoms with Crippen molar-refractivity contribution in [3.63, 3.8) is 0 Å². The molecule has 1 N–H and O–H groups in total. The van der Waals surface area contributed by atoms with Gasteiger partial charge in [-0.15, -0.1) is 0 Å². The van der Waals surface area contributed by atoms with Gasteiger partial charge in [0.2, 0.25) is 0 Å². The first-order chi connectivity index (χ1) is 16.1. The van der Waals surface area contributed by atoms with Gasteiger partial charge in [0.05, 0.1) is 18.4 Å². The van der Waals surface area contributed by atoms with Crippen LogP contribution in [0.1, 0.15) is 5.56 Å². The zero-order valence-electron chi connectivity index (χ0n) is 17.6. The number of hydrogen-bond donors (Lipinski definition) is 1. The van der Waals surface area contributed by atoms with E-state index in [1.807, 2.05) is 18.2 Å². The third-order valence-corrected chi connectivity index (χ3v) is 5.57. The Kier molecular flexibility index (Phi) is 5.40. The molecule has 2 heterocycles. The quantitative estimate of drug-likeness (QED) is 0.562. The maximum Gasteiger partial charge on any atom is 0.282 e. The Morgan fingerprint density at radius 1 is 0.909 bits per heavy atom. The summed E-state index contributed by atoms with van der Waals surface area (Å²) in [6, 6.07) is 19.1. The van der Waals surface area contributed by atoms with Crippen LogP contribution in [-0.2, 0) is 9.59 Å². The van der Waals surface area contributed by atoms with Crippen LogP contribution in [0.4, 0.5) is 11.4 Å². The maximum atomic E-state index is 13.6. The molecule has 0 fully saturated rings. The van der Waals surface area contributed by atoms with Crippen LogP contribution in [0.2, 0.25) is 5.02 Å². The highest BCUT2D eigenvalue weighted by atomic mass is 35.5. The number of nitrogens with zero attached hydrogens (tertiary/aromatic N) is 1. The normalized spacial score (nSPS) is 15.2. The van der Waals surface area contributed by atoms with Crippen LogP contribution in [0.25, 0.3) is 5.57 Å². The molecule has 3 aromatic rings. The van der Waals surface area contributed by atoms with Crippen molar-refractivity contribution >= 4 is 40.4 Å². The second-order valence-electron chi connectivity index (χ2n) is 7.36. The molecule has 0 unspecified atom stereocenters. The minimum absolute atomic E-state index is 0.143. The molecule has 8 heteroatoms. The number of nitrogens with one attached hydrogen (secondary N) is 1. The third kappa shape index (κ3) is 3.76. The topological polar surface area (TPSA) is 77.1 Å². The van der Waals surface area contributed by atoms with Gasteiger partial charge in [-0.2, -0.15) is 0 Å². The Hall–Kier alpha value is -3.97. The van der Waals surface area contributed by atoms with Crippen LogP contribution in [0.5, 0.6) is 17.2 Å². The maximum absolute atomic E-state index is 13.6. The van der Waals surface area contributed by atoms with Crippen molar-refractivity contribution in [1.82, 2.24) is 0 Å². The number of halogens is 1. The molecule has 0 saturated heterocycles. The lowest BCUT2D eigenvalue weighted by atomic mass is 10.0. The van der Waals surface area contributed by atoms with Gasteiger partial charge >= 0.3 is 0 Å². The van der Waals surface area contributed by atoms with E-state index in [1.165, 1.54) is 13.2 Å². The number of benzene rings is 3. The average Bonchev–Trinajstić information content (AvgIpc) is 3.08. The first-order valence-corrected chi connectivity index (χ1v) is 10.6. The van der Waals surface area contributed by atoms with Crippen LogP contribution < -0.4 is 24.4 Å². The Balaban J connectivity index is 1.60. The fourth-order valence-corrected chi connectivity index (χ4v) is 4.01. The molecule has 2 amide bonds. The Morgan fingerprint density at radius 3 is 2.42 bits per heavy atom. The van der Waals surface area contributed by atoms with Crippen molar-refractivity contribution in [2.45, 2.75) is 0 Å². The van der Waals surface area contributed by atoms with Crippen LogP contribution in [-0.4, -0.2) is 32.1 Å². The lowest BCUT2D eigenvalue weighted by Crippen LogP contribution is -2.32. The van der Waals surface area contributed by atoms with Crippen LogP contribution >= 0.6 is 11.6 Å². The summed E-state index contributed by atoms with van der Waals surface area (Å²) in [6.45, 7) is 0.917. The number of carbonyl (C=O) groups is 2. The molecule has 0 aliphatic carbocycles. The van der Waals surface area contributed by atoms with Gasteiger partial charge in [0.1, 0.15) is 24.7 Å². The number of anilines is 2. The van der Waals surface area contributed by atoms with Gasteiger partial charge < -0.3 is 19.5 Å². The molecule has 0 spiro atoms. The number of rotatable bonds is 5. The van der Waals surface area contributed by atoms with Crippen molar-refractivity contribution < 1.29 is 23.8 Å². The van der Waals surface area contributed by atoms with Crippen LogP contribution in [0.15, 0.2) is 72.4 Å². The summed E-state index contributed by atoms with van der Waals surface area (Å²) >= 11 is 6.17. The Labute approximate surface area is 195 Å². The summed E-state index contributed by atoms with van der Waals surface area (Å²) in [4.78, 5) is 28.3. The van der Waals surface area contributed by atoms with E-state index in [0.29, 0.717) is 46.7 Å². The van der Waals surface area contributed by atoms with Gasteiger partial charge in [0.15, 0.2) is 11.5 Å². The molecule has 0 saturated carbocycles. The Morgan fingerprint density at radius 2 is 1.67 bits per heavy atom. The van der Waals surface area contributed by atoms with E-state index in [0.717, 1.165) is 4.90 Å². The summed E-state index contributed by atoms with van der Waals surface area (Å²) in [6.07, 6.45) is 0. The fraction of sp³-hybridized carbons (Fsp3) is 0.120. The molecule has 0 radical (unpaired) electrons. The highest BCUT2D eigenvalue weighted by Crippen LogP contribution is 2.40. The number of fused-ring (bicyclic) bond motifs is 1. The minimum Gasteiger partial charge on any atom is -0.495 e. The largest absolute Gasteiger partial charge is 0.495 e. The fourth-order valence-electron chi connectivity index (χ4n) is 3.84. The number of hydrogen-bond acceptors (Lipinski definition) is 6. The highest BCUT2D eigenvalue weighted by Gasteiger charge is 2.41. The van der Waals surface area contributed by atoms with Gasteiger partial charge in [-0.25, -0.2) is 4.90 Å². The first-order valence-electron chi connectivity index (χ1n) is 10.3. The lowest BCUT2D eigenvalue weighted by molar-refractivity contribution is -0.120. The van der Waals surface area contributed by atoms with E-state index in [2.05, 4.69) is 5.32 Å². The van der Waals surface area contributed by atoms with Gasteiger partial charge in [0, 0.05) is 16.8 Å². The van der Waals surface area contributed by atoms with Crippen LogP contribution in [0.3, 0.4) is 0 Å². The average molecular weight is 463 g/mol. The van der Waals surface area contributed by atoms with Crippen molar-refractivity contribution in [3.05, 3.63) is 83.0 Å². The Bertz CT molecular complexity index is 1290. The SMILES string of the molecule is COc1ccc(Cl)cc1N1C(=O)C(Nc2ccc3c(c2)OCCO3)=C(c2ccccc2)C1=O. The number of imide groups is 1. The van der Waals surface area contributed by atoms with Gasteiger partial charge in [-0.3, -0.25) is 9.59 Å². The molecule has 33 heavy (non-hydrogen) atoms. The molecule has 5 rings (SSSR count). The molecule has 0 aromatic heterocycles. The van der Waals surface area contributed by atoms with Crippen LogP contribution in [0, 0.1) is 0 Å². The van der Waals surface area contributed by atoms with Gasteiger partial charge in [-0.05, 0) is 35.9 Å². The van der Waals surface area contributed by atoms with Crippen molar-refractivity contribution in [3.8, 4) is 17.2 Å². The zero-order chi connectivity index (χ0) is 22.9. The van der Waals surface area contributed by atoms with E-state index in [1.54, 1.807) is 42.5 Å². The molecular weight excluding hydrogens is 444 g/mol. The highest BCUT2D eigenvalue weighted by molar-refractivity contribution is 6.46. The van der Waals surface area contributed by atoms with E-state index in [-0.39, 0.29) is 17.0 Å². The molecule has 0 atom stereocenters. The first kappa shape index (κ1) is 20.9. The molecule has 166 valence electrons. The number of ether oxygens (including phenoxy) is 3. The summed E-state index contributed by atoms with van der Waals surface area (Å²) in [5, 5.41) is 3.51.